The van der Waals surface area contributed by atoms with Gasteiger partial charge in [-0.3, -0.25) is 0 Å². The number of hydrogen-bond acceptors (Lipinski definition) is 2. The smallest absolute Gasteiger partial charge is 0.126 e. The molecule has 3 heteroatoms. The summed E-state index contributed by atoms with van der Waals surface area (Å²) in [6.07, 6.45) is 14.7. The number of fused-ring (bicyclic) bond motifs is 1. The van der Waals surface area contributed by atoms with Crippen molar-refractivity contribution in [2.45, 2.75) is 31.5 Å². The summed E-state index contributed by atoms with van der Waals surface area (Å²) >= 11 is 0. The highest BCUT2D eigenvalue weighted by Crippen LogP contribution is 2.48. The molecular formula is C16H26N2Si. The van der Waals surface area contributed by atoms with Gasteiger partial charge >= 0.3 is 0 Å². The topological polar surface area (TPSA) is 15.3 Å². The zero-order chi connectivity index (χ0) is 13.5. The average molecular weight is 274 g/mol. The standard InChI is InChI=1S/C16H26N2Si/c1-17-19(2,3)16-12-15(18-10-6-7-11-18)13-8-4-5-9-14(13)16/h4-5,8-9,12-14,16-17H,6-7,10-11H2,1-3H3. The molecule has 0 aromatic carbocycles. The van der Waals surface area contributed by atoms with Crippen LogP contribution >= 0.6 is 0 Å². The van der Waals surface area contributed by atoms with Crippen LogP contribution in [-0.2, 0) is 0 Å². The van der Waals surface area contributed by atoms with Crippen LogP contribution < -0.4 is 4.98 Å². The third-order valence-electron chi connectivity index (χ3n) is 5.23. The van der Waals surface area contributed by atoms with Crippen LogP contribution in [0.4, 0.5) is 0 Å². The SMILES string of the molecule is CN[Si](C)(C)C1C=C(N2CCCC2)C2C=CC=CC21. The molecule has 0 bridgehead atoms. The van der Waals surface area contributed by atoms with Crippen molar-refractivity contribution in [3.05, 3.63) is 36.1 Å². The highest BCUT2D eigenvalue weighted by Gasteiger charge is 2.44. The molecule has 2 nitrogen and oxygen atoms in total. The van der Waals surface area contributed by atoms with Crippen molar-refractivity contribution in [3.63, 3.8) is 0 Å². The molecule has 3 atom stereocenters. The molecule has 0 amide bonds. The third-order valence-corrected chi connectivity index (χ3v) is 8.74. The maximum Gasteiger partial charge on any atom is 0.126 e. The van der Waals surface area contributed by atoms with Gasteiger partial charge in [0.1, 0.15) is 8.24 Å². The summed E-state index contributed by atoms with van der Waals surface area (Å²) < 4.78 is 0. The lowest BCUT2D eigenvalue weighted by molar-refractivity contribution is 0.372. The number of nitrogens with one attached hydrogen (secondary N) is 1. The van der Waals surface area contributed by atoms with Gasteiger partial charge in [0.15, 0.2) is 0 Å². The minimum atomic E-state index is -1.38. The first-order valence-corrected chi connectivity index (χ1v) is 10.7. The summed E-state index contributed by atoms with van der Waals surface area (Å²) in [5.74, 6) is 1.32. The Morgan fingerprint density at radius 1 is 1.16 bits per heavy atom. The molecule has 0 aromatic rings. The van der Waals surface area contributed by atoms with Crippen molar-refractivity contribution in [3.8, 4) is 0 Å². The second-order valence-electron chi connectivity index (χ2n) is 6.66. The summed E-state index contributed by atoms with van der Waals surface area (Å²) in [5, 5.41) is 0. The molecule has 1 N–H and O–H groups in total. The lowest BCUT2D eigenvalue weighted by atomic mass is 9.89. The maximum atomic E-state index is 3.65. The molecule has 104 valence electrons. The molecule has 1 aliphatic heterocycles. The van der Waals surface area contributed by atoms with E-state index in [1.54, 1.807) is 5.70 Å². The zero-order valence-electron chi connectivity index (χ0n) is 12.4. The predicted octanol–water partition coefficient (Wildman–Crippen LogP) is 3.13. The molecule has 0 aromatic heterocycles. The van der Waals surface area contributed by atoms with E-state index in [1.807, 2.05) is 0 Å². The van der Waals surface area contributed by atoms with Gasteiger partial charge in [-0.15, -0.1) is 0 Å². The van der Waals surface area contributed by atoms with Gasteiger partial charge in [-0.05, 0) is 31.3 Å². The molecule has 3 rings (SSSR count). The van der Waals surface area contributed by atoms with Gasteiger partial charge in [0.2, 0.25) is 0 Å². The molecule has 2 aliphatic carbocycles. The highest BCUT2D eigenvalue weighted by atomic mass is 28.3. The van der Waals surface area contributed by atoms with Crippen LogP contribution in [0, 0.1) is 11.8 Å². The van der Waals surface area contributed by atoms with E-state index in [1.165, 1.54) is 25.9 Å². The van der Waals surface area contributed by atoms with Crippen LogP contribution in [0.25, 0.3) is 0 Å². The quantitative estimate of drug-likeness (QED) is 0.796. The van der Waals surface area contributed by atoms with E-state index in [0.717, 1.165) is 5.54 Å². The fourth-order valence-electron chi connectivity index (χ4n) is 3.82. The molecule has 0 saturated carbocycles. The molecule has 3 aliphatic rings. The van der Waals surface area contributed by atoms with Gasteiger partial charge in [-0.1, -0.05) is 43.5 Å². The minimum Gasteiger partial charge on any atom is -0.375 e. The van der Waals surface area contributed by atoms with Gasteiger partial charge in [0.25, 0.3) is 0 Å². The number of allylic oxidation sites excluding steroid dienone is 5. The van der Waals surface area contributed by atoms with E-state index in [9.17, 15) is 0 Å². The second kappa shape index (κ2) is 4.95. The van der Waals surface area contributed by atoms with Gasteiger partial charge in [0.05, 0.1) is 0 Å². The van der Waals surface area contributed by atoms with Gasteiger partial charge in [-0.25, -0.2) is 0 Å². The summed E-state index contributed by atoms with van der Waals surface area (Å²) in [6, 6.07) is 0. The van der Waals surface area contributed by atoms with E-state index in [0.29, 0.717) is 11.8 Å². The van der Waals surface area contributed by atoms with Gasteiger partial charge < -0.3 is 9.88 Å². The Balaban J connectivity index is 1.92. The van der Waals surface area contributed by atoms with Crippen molar-refractivity contribution in [2.24, 2.45) is 11.8 Å². The molecular weight excluding hydrogens is 248 g/mol. The van der Waals surface area contributed by atoms with Crippen molar-refractivity contribution < 1.29 is 0 Å². The van der Waals surface area contributed by atoms with Crippen molar-refractivity contribution >= 4 is 8.24 Å². The van der Waals surface area contributed by atoms with Crippen LogP contribution in [0.15, 0.2) is 36.1 Å². The Labute approximate surface area is 118 Å². The van der Waals surface area contributed by atoms with Crippen LogP contribution in [-0.4, -0.2) is 33.3 Å². The Kier molecular flexibility index (Phi) is 3.44. The Morgan fingerprint density at radius 2 is 1.84 bits per heavy atom. The molecule has 3 unspecified atom stereocenters. The van der Waals surface area contributed by atoms with Crippen LogP contribution in [0.1, 0.15) is 12.8 Å². The van der Waals surface area contributed by atoms with E-state index >= 15 is 0 Å². The van der Waals surface area contributed by atoms with Crippen molar-refractivity contribution in [2.75, 3.05) is 20.1 Å². The number of rotatable bonds is 3. The van der Waals surface area contributed by atoms with E-state index in [4.69, 9.17) is 0 Å². The van der Waals surface area contributed by atoms with Crippen LogP contribution in [0.3, 0.4) is 0 Å². The molecule has 0 radical (unpaired) electrons. The Bertz CT molecular complexity index is 430. The van der Waals surface area contributed by atoms with Crippen LogP contribution in [0.5, 0.6) is 0 Å². The molecule has 0 spiro atoms. The van der Waals surface area contributed by atoms with E-state index in [2.05, 4.69) is 60.4 Å². The normalized spacial score (nSPS) is 33.7. The largest absolute Gasteiger partial charge is 0.375 e. The van der Waals surface area contributed by atoms with Crippen molar-refractivity contribution in [1.29, 1.82) is 0 Å². The fraction of sp³-hybridized carbons (Fsp3) is 0.625. The lowest BCUT2D eigenvalue weighted by Crippen LogP contribution is -2.48. The monoisotopic (exact) mass is 274 g/mol. The molecule has 1 heterocycles. The van der Waals surface area contributed by atoms with E-state index < -0.39 is 8.24 Å². The van der Waals surface area contributed by atoms with Gasteiger partial charge in [-0.2, -0.15) is 0 Å². The van der Waals surface area contributed by atoms with Crippen molar-refractivity contribution in [1.82, 2.24) is 9.88 Å². The number of hydrogen-bond donors (Lipinski definition) is 1. The first-order chi connectivity index (χ1) is 9.13. The Hall–Kier alpha value is -0.803. The first-order valence-electron chi connectivity index (χ1n) is 7.64. The Morgan fingerprint density at radius 3 is 2.53 bits per heavy atom. The molecule has 1 fully saturated rings. The predicted molar refractivity (Wildman–Crippen MR) is 84.4 cm³/mol. The summed E-state index contributed by atoms with van der Waals surface area (Å²) in [6.45, 7) is 7.45. The zero-order valence-corrected chi connectivity index (χ0v) is 13.4. The third kappa shape index (κ3) is 2.23. The maximum absolute atomic E-state index is 3.65. The summed E-state index contributed by atoms with van der Waals surface area (Å²) in [5.41, 5.74) is 2.34. The van der Waals surface area contributed by atoms with E-state index in [-0.39, 0.29) is 0 Å². The number of likely N-dealkylation sites (tertiary alicyclic amines) is 1. The molecule has 19 heavy (non-hydrogen) atoms. The van der Waals surface area contributed by atoms with Crippen LogP contribution in [0.2, 0.25) is 18.6 Å². The second-order valence-corrected chi connectivity index (χ2v) is 11.3. The molecule has 1 saturated heterocycles. The number of nitrogens with zero attached hydrogens (tertiary/aromatic N) is 1. The first kappa shape index (κ1) is 13.2. The minimum absolute atomic E-state index is 0.633. The lowest BCUT2D eigenvalue weighted by Gasteiger charge is -2.34. The average Bonchev–Trinajstić information content (AvgIpc) is 3.05. The van der Waals surface area contributed by atoms with Gasteiger partial charge in [0, 0.05) is 24.7 Å². The summed E-state index contributed by atoms with van der Waals surface area (Å²) in [7, 11) is 0.761. The highest BCUT2D eigenvalue weighted by molar-refractivity contribution is 6.77. The fourth-order valence-corrected chi connectivity index (χ4v) is 6.02. The summed E-state index contributed by atoms with van der Waals surface area (Å²) in [4.78, 5) is 6.29.